The van der Waals surface area contributed by atoms with Gasteiger partial charge in [0.15, 0.2) is 0 Å². The van der Waals surface area contributed by atoms with E-state index in [0.29, 0.717) is 0 Å². The van der Waals surface area contributed by atoms with Gasteiger partial charge in [-0.1, -0.05) is 15.9 Å². The molecule has 0 unspecified atom stereocenters. The minimum atomic E-state index is -4.34. The largest absolute Gasteiger partial charge is 0.420 e. The lowest BCUT2D eigenvalue weighted by molar-refractivity contribution is -0.139. The number of halogens is 5. The fraction of sp³-hybridized carbons (Fsp3) is 0.167. The number of hydrogen-bond donors (Lipinski definition) is 0. The van der Waals surface area contributed by atoms with Crippen molar-refractivity contribution in [1.82, 2.24) is 4.98 Å². The number of pyridine rings is 1. The summed E-state index contributed by atoms with van der Waals surface area (Å²) in [5.74, 6) is 0. The molecular formula is C6H2BrF3IN. The molecule has 12 heavy (non-hydrogen) atoms. The minimum Gasteiger partial charge on any atom is -0.250 e. The summed E-state index contributed by atoms with van der Waals surface area (Å²) >= 11 is 4.37. The first-order valence-corrected chi connectivity index (χ1v) is 4.67. The van der Waals surface area contributed by atoms with E-state index in [1.807, 2.05) is 0 Å². The number of rotatable bonds is 0. The normalized spacial score (nSPS) is 11.8. The summed E-state index contributed by atoms with van der Waals surface area (Å²) < 4.78 is 36.7. The topological polar surface area (TPSA) is 12.9 Å². The molecule has 0 spiro atoms. The standard InChI is InChI=1S/C6H2BrF3IN/c7-3-1-2-12-5(11)4(3)6(8,9)10/h1-2H. The second-order valence-corrected chi connectivity index (χ2v) is 3.83. The van der Waals surface area contributed by atoms with Crippen molar-refractivity contribution in [2.45, 2.75) is 6.18 Å². The minimum absolute atomic E-state index is 0.0226. The number of aromatic nitrogens is 1. The average Bonchev–Trinajstić information content (AvgIpc) is 1.82. The van der Waals surface area contributed by atoms with Gasteiger partial charge in [-0.2, -0.15) is 13.2 Å². The Labute approximate surface area is 88.6 Å². The van der Waals surface area contributed by atoms with Crippen molar-refractivity contribution in [2.24, 2.45) is 0 Å². The van der Waals surface area contributed by atoms with Crippen LogP contribution in [0.2, 0.25) is 0 Å². The van der Waals surface area contributed by atoms with Crippen molar-refractivity contribution in [3.05, 3.63) is 26.0 Å². The van der Waals surface area contributed by atoms with Crippen LogP contribution >= 0.6 is 38.5 Å². The van der Waals surface area contributed by atoms with Crippen LogP contribution in [0.3, 0.4) is 0 Å². The van der Waals surface area contributed by atoms with Crippen LogP contribution in [0.15, 0.2) is 16.7 Å². The summed E-state index contributed by atoms with van der Waals surface area (Å²) in [6, 6.07) is 1.27. The van der Waals surface area contributed by atoms with Crippen LogP contribution in [0.25, 0.3) is 0 Å². The molecule has 1 rings (SSSR count). The van der Waals surface area contributed by atoms with E-state index < -0.39 is 11.7 Å². The predicted octanol–water partition coefficient (Wildman–Crippen LogP) is 3.47. The summed E-state index contributed by atoms with van der Waals surface area (Å²) in [7, 11) is 0. The first kappa shape index (κ1) is 10.2. The van der Waals surface area contributed by atoms with Crippen LogP contribution in [0.4, 0.5) is 13.2 Å². The van der Waals surface area contributed by atoms with Gasteiger partial charge in [0.05, 0.1) is 0 Å². The maximum atomic E-state index is 12.2. The smallest absolute Gasteiger partial charge is 0.250 e. The summed E-state index contributed by atoms with van der Waals surface area (Å²) in [5, 5.41) is 0. The molecule has 0 saturated heterocycles. The van der Waals surface area contributed by atoms with E-state index in [0.717, 1.165) is 0 Å². The molecule has 66 valence electrons. The van der Waals surface area contributed by atoms with Gasteiger partial charge in [-0.15, -0.1) is 0 Å². The molecule has 1 aromatic heterocycles. The van der Waals surface area contributed by atoms with Gasteiger partial charge < -0.3 is 0 Å². The van der Waals surface area contributed by atoms with Gasteiger partial charge in [0.2, 0.25) is 0 Å². The summed E-state index contributed by atoms with van der Waals surface area (Å²) in [5.41, 5.74) is -0.717. The van der Waals surface area contributed by atoms with E-state index in [-0.39, 0.29) is 8.17 Å². The zero-order valence-electron chi connectivity index (χ0n) is 5.49. The maximum absolute atomic E-state index is 12.2. The fourth-order valence-electron chi connectivity index (χ4n) is 0.667. The zero-order valence-corrected chi connectivity index (χ0v) is 9.24. The van der Waals surface area contributed by atoms with E-state index in [9.17, 15) is 13.2 Å². The third-order valence-electron chi connectivity index (χ3n) is 1.14. The number of nitrogens with zero attached hydrogens (tertiary/aromatic N) is 1. The molecule has 0 aliphatic rings. The van der Waals surface area contributed by atoms with Crippen molar-refractivity contribution in [3.63, 3.8) is 0 Å². The molecule has 0 saturated carbocycles. The number of hydrogen-bond acceptors (Lipinski definition) is 1. The van der Waals surface area contributed by atoms with Crippen LogP contribution in [0.1, 0.15) is 5.56 Å². The summed E-state index contributed by atoms with van der Waals surface area (Å²) in [6.07, 6.45) is -3.02. The van der Waals surface area contributed by atoms with Crippen molar-refractivity contribution >= 4 is 38.5 Å². The van der Waals surface area contributed by atoms with E-state index in [1.54, 1.807) is 22.6 Å². The fourth-order valence-corrected chi connectivity index (χ4v) is 2.33. The molecule has 0 bridgehead atoms. The van der Waals surface area contributed by atoms with Crippen LogP contribution in [-0.4, -0.2) is 4.98 Å². The Morgan fingerprint density at radius 1 is 1.42 bits per heavy atom. The lowest BCUT2D eigenvalue weighted by atomic mass is 10.3. The third-order valence-corrected chi connectivity index (χ3v) is 2.62. The molecule has 0 aliphatic carbocycles. The SMILES string of the molecule is FC(F)(F)c1c(Br)ccnc1I. The van der Waals surface area contributed by atoms with E-state index >= 15 is 0 Å². The summed E-state index contributed by atoms with van der Waals surface area (Å²) in [4.78, 5) is 3.54. The quantitative estimate of drug-likeness (QED) is 0.515. The second-order valence-electron chi connectivity index (χ2n) is 1.96. The van der Waals surface area contributed by atoms with Crippen molar-refractivity contribution in [1.29, 1.82) is 0 Å². The third kappa shape index (κ3) is 2.09. The molecule has 1 heterocycles. The summed E-state index contributed by atoms with van der Waals surface area (Å²) in [6.45, 7) is 0. The Balaban J connectivity index is 3.31. The predicted molar refractivity (Wildman–Crippen MR) is 49.7 cm³/mol. The van der Waals surface area contributed by atoms with Gasteiger partial charge in [0.1, 0.15) is 9.26 Å². The van der Waals surface area contributed by atoms with Crippen molar-refractivity contribution in [2.75, 3.05) is 0 Å². The maximum Gasteiger partial charge on any atom is 0.420 e. The van der Waals surface area contributed by atoms with Crippen molar-refractivity contribution < 1.29 is 13.2 Å². The highest BCUT2D eigenvalue weighted by Gasteiger charge is 2.35. The molecule has 0 fully saturated rings. The molecule has 1 nitrogen and oxygen atoms in total. The van der Waals surface area contributed by atoms with Gasteiger partial charge in [-0.25, -0.2) is 4.98 Å². The van der Waals surface area contributed by atoms with Crippen LogP contribution in [0.5, 0.6) is 0 Å². The van der Waals surface area contributed by atoms with Gasteiger partial charge >= 0.3 is 6.18 Å². The Hall–Kier alpha value is 0.150. The van der Waals surface area contributed by atoms with Gasteiger partial charge in [-0.3, -0.25) is 0 Å². The monoisotopic (exact) mass is 351 g/mol. The lowest BCUT2D eigenvalue weighted by Crippen LogP contribution is -2.09. The van der Waals surface area contributed by atoms with E-state index in [4.69, 9.17) is 0 Å². The second kappa shape index (κ2) is 3.49. The Morgan fingerprint density at radius 3 is 2.33 bits per heavy atom. The first-order chi connectivity index (χ1) is 5.43. The molecule has 1 aromatic rings. The van der Waals surface area contributed by atoms with Gasteiger partial charge in [0, 0.05) is 10.7 Å². The lowest BCUT2D eigenvalue weighted by Gasteiger charge is -2.09. The van der Waals surface area contributed by atoms with Crippen LogP contribution in [-0.2, 0) is 6.18 Å². The van der Waals surface area contributed by atoms with Crippen LogP contribution in [0, 0.1) is 3.70 Å². The molecular weight excluding hydrogens is 350 g/mol. The van der Waals surface area contributed by atoms with Crippen LogP contribution < -0.4 is 0 Å². The molecule has 0 atom stereocenters. The Kier molecular flexibility index (Phi) is 2.97. The molecule has 0 aliphatic heterocycles. The average molecular weight is 352 g/mol. The van der Waals surface area contributed by atoms with Crippen molar-refractivity contribution in [3.8, 4) is 0 Å². The van der Waals surface area contributed by atoms with E-state index in [2.05, 4.69) is 20.9 Å². The molecule has 0 aromatic carbocycles. The highest BCUT2D eigenvalue weighted by Crippen LogP contribution is 2.36. The highest BCUT2D eigenvalue weighted by atomic mass is 127. The molecule has 0 amide bonds. The Morgan fingerprint density at radius 2 is 2.00 bits per heavy atom. The van der Waals surface area contributed by atoms with Gasteiger partial charge in [0.25, 0.3) is 0 Å². The van der Waals surface area contributed by atoms with E-state index in [1.165, 1.54) is 12.3 Å². The molecule has 6 heteroatoms. The molecule has 0 radical (unpaired) electrons. The molecule has 0 N–H and O–H groups in total. The first-order valence-electron chi connectivity index (χ1n) is 2.80. The Bertz CT molecular complexity index is 279. The highest BCUT2D eigenvalue weighted by molar-refractivity contribution is 14.1. The number of alkyl halides is 3. The van der Waals surface area contributed by atoms with Gasteiger partial charge in [-0.05, 0) is 28.7 Å². The zero-order chi connectivity index (χ0) is 9.35.